The summed E-state index contributed by atoms with van der Waals surface area (Å²) < 4.78 is 27.2. The summed E-state index contributed by atoms with van der Waals surface area (Å²) in [4.78, 5) is 5.67. The van der Waals surface area contributed by atoms with Gasteiger partial charge in [0.05, 0.1) is 6.10 Å². The molecule has 0 bridgehead atoms. The van der Waals surface area contributed by atoms with Crippen LogP contribution in [0, 0.1) is 17.6 Å². The first-order valence-corrected chi connectivity index (χ1v) is 6.50. The third-order valence-electron chi connectivity index (χ3n) is 3.36. The highest BCUT2D eigenvalue weighted by Gasteiger charge is 2.29. The molecule has 0 atom stereocenters. The van der Waals surface area contributed by atoms with Gasteiger partial charge in [0.1, 0.15) is 0 Å². The van der Waals surface area contributed by atoms with Gasteiger partial charge >= 0.3 is 0 Å². The minimum Gasteiger partial charge on any atom is -0.393 e. The molecule has 1 aliphatic rings. The zero-order chi connectivity index (χ0) is 14.0. The monoisotopic (exact) mass is 271 g/mol. The highest BCUT2D eigenvalue weighted by molar-refractivity contribution is 5.48. The lowest BCUT2D eigenvalue weighted by molar-refractivity contribution is 0.0464. The standard InChI is InChI=1S/C13H19F2N3O/c1-3-16-12-10(14)6-11(15)13(17-12)18(2)7-8-4-9(19)5-8/h6,8-9,19H,3-5,7H2,1-2H3,(H,16,17). The van der Waals surface area contributed by atoms with Crippen LogP contribution >= 0.6 is 0 Å². The molecule has 1 saturated carbocycles. The van der Waals surface area contributed by atoms with Crippen molar-refractivity contribution in [2.75, 3.05) is 30.4 Å². The van der Waals surface area contributed by atoms with Crippen LogP contribution < -0.4 is 10.2 Å². The zero-order valence-corrected chi connectivity index (χ0v) is 11.2. The summed E-state index contributed by atoms with van der Waals surface area (Å²) in [6, 6.07) is 0.854. The predicted molar refractivity (Wildman–Crippen MR) is 70.3 cm³/mol. The van der Waals surface area contributed by atoms with Crippen molar-refractivity contribution in [2.45, 2.75) is 25.9 Å². The topological polar surface area (TPSA) is 48.4 Å². The highest BCUT2D eigenvalue weighted by atomic mass is 19.1. The minimum atomic E-state index is -0.685. The molecule has 106 valence electrons. The lowest BCUT2D eigenvalue weighted by Crippen LogP contribution is -2.37. The van der Waals surface area contributed by atoms with Crippen LogP contribution in [0.1, 0.15) is 19.8 Å². The number of aliphatic hydroxyl groups is 1. The minimum absolute atomic E-state index is 0.0689. The van der Waals surface area contributed by atoms with Crippen LogP contribution in [0.4, 0.5) is 20.4 Å². The van der Waals surface area contributed by atoms with Crippen LogP contribution in [-0.2, 0) is 0 Å². The van der Waals surface area contributed by atoms with E-state index in [2.05, 4.69) is 10.3 Å². The number of rotatable bonds is 5. The summed E-state index contributed by atoms with van der Waals surface area (Å²) in [5.41, 5.74) is 0. The van der Waals surface area contributed by atoms with Crippen molar-refractivity contribution in [3.8, 4) is 0 Å². The van der Waals surface area contributed by atoms with E-state index >= 15 is 0 Å². The quantitative estimate of drug-likeness (QED) is 0.860. The van der Waals surface area contributed by atoms with Gasteiger partial charge in [0, 0.05) is 26.2 Å². The Labute approximate surface area is 111 Å². The van der Waals surface area contributed by atoms with E-state index in [0.29, 0.717) is 19.0 Å². The van der Waals surface area contributed by atoms with Gasteiger partial charge in [-0.05, 0) is 25.7 Å². The molecule has 2 N–H and O–H groups in total. The normalized spacial score (nSPS) is 21.9. The average molecular weight is 271 g/mol. The second kappa shape index (κ2) is 5.69. The summed E-state index contributed by atoms with van der Waals surface area (Å²) in [6.45, 7) is 2.95. The number of nitrogens with zero attached hydrogens (tertiary/aromatic N) is 2. The van der Waals surface area contributed by atoms with Crippen molar-refractivity contribution in [1.82, 2.24) is 4.98 Å². The van der Waals surface area contributed by atoms with Gasteiger partial charge in [-0.15, -0.1) is 0 Å². The molecule has 2 rings (SSSR count). The second-order valence-corrected chi connectivity index (χ2v) is 5.03. The number of hydrogen-bond acceptors (Lipinski definition) is 4. The van der Waals surface area contributed by atoms with Gasteiger partial charge in [0.15, 0.2) is 23.3 Å². The molecule has 1 aromatic heterocycles. The molecule has 0 saturated heterocycles. The predicted octanol–water partition coefficient (Wildman–Crippen LogP) is 2.00. The number of nitrogens with one attached hydrogen (secondary N) is 1. The fourth-order valence-electron chi connectivity index (χ4n) is 2.34. The van der Waals surface area contributed by atoms with Crippen LogP contribution in [-0.4, -0.2) is 36.3 Å². The lowest BCUT2D eigenvalue weighted by atomic mass is 9.82. The molecule has 0 spiro atoms. The summed E-state index contributed by atoms with van der Waals surface area (Å²) in [7, 11) is 1.73. The number of aromatic nitrogens is 1. The molecule has 0 amide bonds. The Kier molecular flexibility index (Phi) is 4.19. The van der Waals surface area contributed by atoms with Crippen molar-refractivity contribution < 1.29 is 13.9 Å². The van der Waals surface area contributed by atoms with Crippen LogP contribution in [0.5, 0.6) is 0 Å². The van der Waals surface area contributed by atoms with Gasteiger partial charge in [-0.3, -0.25) is 0 Å². The molecule has 0 aliphatic heterocycles. The van der Waals surface area contributed by atoms with Crippen molar-refractivity contribution in [2.24, 2.45) is 5.92 Å². The number of pyridine rings is 1. The number of anilines is 2. The van der Waals surface area contributed by atoms with Gasteiger partial charge < -0.3 is 15.3 Å². The summed E-state index contributed by atoms with van der Waals surface area (Å²) >= 11 is 0. The van der Waals surface area contributed by atoms with E-state index in [-0.39, 0.29) is 17.7 Å². The van der Waals surface area contributed by atoms with E-state index in [1.54, 1.807) is 11.9 Å². The Bertz CT molecular complexity index is 450. The first-order chi connectivity index (χ1) is 9.01. The number of halogens is 2. The molecule has 0 unspecified atom stereocenters. The third kappa shape index (κ3) is 3.12. The van der Waals surface area contributed by atoms with Gasteiger partial charge in [-0.1, -0.05) is 0 Å². The molecule has 1 heterocycles. The SMILES string of the molecule is CCNc1nc(N(C)CC2CC(O)C2)c(F)cc1F. The first kappa shape index (κ1) is 14.0. The number of aliphatic hydroxyl groups excluding tert-OH is 1. The highest BCUT2D eigenvalue weighted by Crippen LogP contribution is 2.30. The van der Waals surface area contributed by atoms with E-state index in [9.17, 15) is 13.9 Å². The lowest BCUT2D eigenvalue weighted by Gasteiger charge is -2.34. The van der Waals surface area contributed by atoms with E-state index in [4.69, 9.17) is 0 Å². The molecule has 0 radical (unpaired) electrons. The Morgan fingerprint density at radius 3 is 2.68 bits per heavy atom. The van der Waals surface area contributed by atoms with E-state index < -0.39 is 11.6 Å². The van der Waals surface area contributed by atoms with Crippen LogP contribution in [0.25, 0.3) is 0 Å². The second-order valence-electron chi connectivity index (χ2n) is 5.03. The molecular formula is C13H19F2N3O. The maximum Gasteiger partial charge on any atom is 0.168 e. The number of hydrogen-bond donors (Lipinski definition) is 2. The fourth-order valence-corrected chi connectivity index (χ4v) is 2.34. The maximum absolute atomic E-state index is 13.7. The van der Waals surface area contributed by atoms with Gasteiger partial charge in [-0.2, -0.15) is 0 Å². The summed E-state index contributed by atoms with van der Waals surface area (Å²) in [6.07, 6.45) is 1.22. The van der Waals surface area contributed by atoms with Gasteiger partial charge in [-0.25, -0.2) is 13.8 Å². The van der Waals surface area contributed by atoms with Crippen molar-refractivity contribution >= 4 is 11.6 Å². The van der Waals surface area contributed by atoms with Crippen LogP contribution in [0.15, 0.2) is 6.07 Å². The van der Waals surface area contributed by atoms with Crippen LogP contribution in [0.2, 0.25) is 0 Å². The fraction of sp³-hybridized carbons (Fsp3) is 0.615. The summed E-state index contributed by atoms with van der Waals surface area (Å²) in [5, 5.41) is 12.0. The molecular weight excluding hydrogens is 252 g/mol. The molecule has 6 heteroatoms. The zero-order valence-electron chi connectivity index (χ0n) is 11.2. The van der Waals surface area contributed by atoms with Crippen molar-refractivity contribution in [1.29, 1.82) is 0 Å². The molecule has 19 heavy (non-hydrogen) atoms. The van der Waals surface area contributed by atoms with Gasteiger partial charge in [0.2, 0.25) is 0 Å². The molecule has 1 aliphatic carbocycles. The van der Waals surface area contributed by atoms with E-state index in [0.717, 1.165) is 18.9 Å². The van der Waals surface area contributed by atoms with Crippen molar-refractivity contribution in [3.63, 3.8) is 0 Å². The molecule has 1 aromatic rings. The van der Waals surface area contributed by atoms with Gasteiger partial charge in [0.25, 0.3) is 0 Å². The largest absolute Gasteiger partial charge is 0.393 e. The first-order valence-electron chi connectivity index (χ1n) is 6.50. The Balaban J connectivity index is 2.11. The van der Waals surface area contributed by atoms with Crippen molar-refractivity contribution in [3.05, 3.63) is 17.7 Å². The Morgan fingerprint density at radius 2 is 2.11 bits per heavy atom. The molecule has 4 nitrogen and oxygen atoms in total. The molecule has 1 fully saturated rings. The molecule has 0 aromatic carbocycles. The Hall–Kier alpha value is -1.43. The Morgan fingerprint density at radius 1 is 1.42 bits per heavy atom. The van der Waals surface area contributed by atoms with Crippen LogP contribution in [0.3, 0.4) is 0 Å². The average Bonchev–Trinajstić information content (AvgIpc) is 2.30. The van der Waals surface area contributed by atoms with E-state index in [1.807, 2.05) is 6.92 Å². The summed E-state index contributed by atoms with van der Waals surface area (Å²) in [5.74, 6) is -0.802. The smallest absolute Gasteiger partial charge is 0.168 e. The van der Waals surface area contributed by atoms with E-state index in [1.165, 1.54) is 0 Å². The maximum atomic E-state index is 13.7. The third-order valence-corrected chi connectivity index (χ3v) is 3.36.